The van der Waals surface area contributed by atoms with Gasteiger partial charge in [0.25, 0.3) is 0 Å². The van der Waals surface area contributed by atoms with E-state index in [1.165, 1.54) is 0 Å². The van der Waals surface area contributed by atoms with Gasteiger partial charge < -0.3 is 15.2 Å². The number of amides is 1. The van der Waals surface area contributed by atoms with Gasteiger partial charge in [-0.1, -0.05) is 45.3 Å². The highest BCUT2D eigenvalue weighted by Gasteiger charge is 2.53. The molecule has 0 saturated carbocycles. The van der Waals surface area contributed by atoms with Crippen molar-refractivity contribution < 1.29 is 19.4 Å². The zero-order valence-electron chi connectivity index (χ0n) is 12.7. The molecule has 0 radical (unpaired) electrons. The maximum Gasteiger partial charge on any atom is 0.310 e. The van der Waals surface area contributed by atoms with Crippen LogP contribution in [0.1, 0.15) is 39.5 Å². The summed E-state index contributed by atoms with van der Waals surface area (Å²) >= 11 is 0. The Hall–Kier alpha value is -1.36. The molecule has 5 nitrogen and oxygen atoms in total. The average molecular weight is 295 g/mol. The first kappa shape index (κ1) is 16.0. The van der Waals surface area contributed by atoms with Crippen LogP contribution in [-0.4, -0.2) is 35.7 Å². The molecule has 0 aliphatic carbocycles. The van der Waals surface area contributed by atoms with Gasteiger partial charge in [0, 0.05) is 6.54 Å². The van der Waals surface area contributed by atoms with Crippen molar-refractivity contribution in [2.45, 2.75) is 51.7 Å². The lowest BCUT2D eigenvalue weighted by Crippen LogP contribution is -2.43. The lowest BCUT2D eigenvalue weighted by atomic mass is 9.82. The van der Waals surface area contributed by atoms with Crippen LogP contribution in [0.15, 0.2) is 12.2 Å². The lowest BCUT2D eigenvalue weighted by molar-refractivity contribution is -0.146. The van der Waals surface area contributed by atoms with Crippen LogP contribution in [0.25, 0.3) is 0 Å². The van der Waals surface area contributed by atoms with Crippen molar-refractivity contribution in [2.75, 3.05) is 6.54 Å². The SMILES string of the molecule is CCCC[C@H](CC)CNC(=O)[C@@H]1[C@@H](C(=O)O)[C@@H]2C=C[C@@H]1O2. The first-order valence-electron chi connectivity index (χ1n) is 7.92. The van der Waals surface area contributed by atoms with Crippen LogP contribution in [0.5, 0.6) is 0 Å². The Bertz CT molecular complexity index is 421. The van der Waals surface area contributed by atoms with E-state index in [1.807, 2.05) is 6.08 Å². The molecule has 0 unspecified atom stereocenters. The molecule has 5 atom stereocenters. The van der Waals surface area contributed by atoms with Crippen LogP contribution in [0.4, 0.5) is 0 Å². The fourth-order valence-electron chi connectivity index (χ4n) is 3.22. The molecule has 2 bridgehead atoms. The smallest absolute Gasteiger partial charge is 0.310 e. The van der Waals surface area contributed by atoms with Crippen LogP contribution in [0.3, 0.4) is 0 Å². The average Bonchev–Trinajstić information content (AvgIpc) is 3.07. The Morgan fingerprint density at radius 1 is 1.24 bits per heavy atom. The number of carboxylic acid groups (broad SMARTS) is 1. The zero-order chi connectivity index (χ0) is 15.4. The van der Waals surface area contributed by atoms with Gasteiger partial charge in [0.2, 0.25) is 5.91 Å². The molecule has 118 valence electrons. The van der Waals surface area contributed by atoms with E-state index in [0.29, 0.717) is 12.5 Å². The molecule has 2 N–H and O–H groups in total. The van der Waals surface area contributed by atoms with E-state index in [2.05, 4.69) is 19.2 Å². The van der Waals surface area contributed by atoms with Gasteiger partial charge in [0.1, 0.15) is 5.92 Å². The third-order valence-corrected chi connectivity index (χ3v) is 4.60. The molecule has 0 aromatic heterocycles. The predicted octanol–water partition coefficient (Wildman–Crippen LogP) is 1.97. The van der Waals surface area contributed by atoms with Crippen molar-refractivity contribution in [1.29, 1.82) is 0 Å². The summed E-state index contributed by atoms with van der Waals surface area (Å²) in [6.45, 7) is 4.90. The normalized spacial score (nSPS) is 31.3. The number of ether oxygens (including phenoxy) is 1. The maximum absolute atomic E-state index is 12.4. The molecule has 2 aliphatic heterocycles. The Labute approximate surface area is 125 Å². The fourth-order valence-corrected chi connectivity index (χ4v) is 3.22. The Morgan fingerprint density at radius 2 is 1.90 bits per heavy atom. The number of hydrogen-bond donors (Lipinski definition) is 2. The lowest BCUT2D eigenvalue weighted by Gasteiger charge is -2.22. The Balaban J connectivity index is 1.90. The van der Waals surface area contributed by atoms with Crippen molar-refractivity contribution in [3.8, 4) is 0 Å². The molecule has 5 heteroatoms. The van der Waals surface area contributed by atoms with E-state index in [0.717, 1.165) is 25.7 Å². The molecule has 2 rings (SSSR count). The van der Waals surface area contributed by atoms with E-state index in [9.17, 15) is 14.7 Å². The van der Waals surface area contributed by atoms with Gasteiger partial charge in [-0.25, -0.2) is 0 Å². The number of fused-ring (bicyclic) bond motifs is 2. The van der Waals surface area contributed by atoms with Gasteiger partial charge in [-0.05, 0) is 12.3 Å². The van der Waals surface area contributed by atoms with Gasteiger partial charge in [-0.2, -0.15) is 0 Å². The molecule has 1 fully saturated rings. The van der Waals surface area contributed by atoms with Crippen LogP contribution in [-0.2, 0) is 14.3 Å². The number of carboxylic acids is 1. The number of carbonyl (C=O) groups is 2. The van der Waals surface area contributed by atoms with Gasteiger partial charge in [-0.15, -0.1) is 0 Å². The second-order valence-electron chi connectivity index (χ2n) is 6.00. The number of aliphatic carboxylic acids is 1. The Morgan fingerprint density at radius 3 is 2.48 bits per heavy atom. The van der Waals surface area contributed by atoms with Crippen molar-refractivity contribution >= 4 is 11.9 Å². The minimum atomic E-state index is -0.954. The van der Waals surface area contributed by atoms with E-state index in [1.54, 1.807) is 6.08 Å². The monoisotopic (exact) mass is 295 g/mol. The topological polar surface area (TPSA) is 75.6 Å². The number of unbranched alkanes of at least 4 members (excludes halogenated alkanes) is 1. The summed E-state index contributed by atoms with van der Waals surface area (Å²) < 4.78 is 5.53. The highest BCUT2D eigenvalue weighted by atomic mass is 16.5. The fraction of sp³-hybridized carbons (Fsp3) is 0.750. The van der Waals surface area contributed by atoms with Crippen LogP contribution >= 0.6 is 0 Å². The van der Waals surface area contributed by atoms with Gasteiger partial charge in [0.15, 0.2) is 0 Å². The quantitative estimate of drug-likeness (QED) is 0.671. The second kappa shape index (κ2) is 7.07. The van der Waals surface area contributed by atoms with E-state index in [4.69, 9.17) is 4.74 Å². The van der Waals surface area contributed by atoms with Crippen LogP contribution in [0, 0.1) is 17.8 Å². The molecular weight excluding hydrogens is 270 g/mol. The van der Waals surface area contributed by atoms with Crippen LogP contribution < -0.4 is 5.32 Å². The molecular formula is C16H25NO4. The summed E-state index contributed by atoms with van der Waals surface area (Å²) in [5.74, 6) is -2.02. The summed E-state index contributed by atoms with van der Waals surface area (Å²) in [4.78, 5) is 23.7. The highest BCUT2D eigenvalue weighted by molar-refractivity contribution is 5.87. The van der Waals surface area contributed by atoms with E-state index < -0.39 is 23.9 Å². The van der Waals surface area contributed by atoms with Gasteiger partial charge in [0.05, 0.1) is 18.1 Å². The Kier molecular flexibility index (Phi) is 5.39. The molecule has 0 aromatic rings. The molecule has 0 spiro atoms. The molecule has 0 aromatic carbocycles. The summed E-state index contributed by atoms with van der Waals surface area (Å²) in [6, 6.07) is 0. The standard InChI is InChI=1S/C16H25NO4/c1-3-5-6-10(4-2)9-17-15(18)13-11-7-8-12(21-11)14(13)16(19)20/h7-8,10-14H,3-6,9H2,1-2H3,(H,17,18)(H,19,20)/t10-,11-,12-,13-,14-/m0/s1. The minimum Gasteiger partial charge on any atom is -0.481 e. The predicted molar refractivity (Wildman–Crippen MR) is 78.7 cm³/mol. The number of nitrogens with one attached hydrogen (secondary N) is 1. The summed E-state index contributed by atoms with van der Waals surface area (Å²) in [5.41, 5.74) is 0. The van der Waals surface area contributed by atoms with Gasteiger partial charge in [-0.3, -0.25) is 9.59 Å². The third kappa shape index (κ3) is 3.46. The summed E-state index contributed by atoms with van der Waals surface area (Å²) in [5, 5.41) is 12.2. The maximum atomic E-state index is 12.4. The first-order valence-corrected chi connectivity index (χ1v) is 7.92. The molecule has 21 heavy (non-hydrogen) atoms. The highest BCUT2D eigenvalue weighted by Crippen LogP contribution is 2.39. The second-order valence-corrected chi connectivity index (χ2v) is 6.00. The van der Waals surface area contributed by atoms with Crippen LogP contribution in [0.2, 0.25) is 0 Å². The first-order chi connectivity index (χ1) is 10.1. The van der Waals surface area contributed by atoms with Crippen molar-refractivity contribution in [1.82, 2.24) is 5.32 Å². The molecule has 2 aliphatic rings. The number of rotatable bonds is 8. The largest absolute Gasteiger partial charge is 0.481 e. The van der Waals surface area contributed by atoms with Crippen molar-refractivity contribution in [2.24, 2.45) is 17.8 Å². The zero-order valence-corrected chi connectivity index (χ0v) is 12.7. The molecule has 1 amide bonds. The summed E-state index contributed by atoms with van der Waals surface area (Å²) in [7, 11) is 0. The van der Waals surface area contributed by atoms with Crippen molar-refractivity contribution in [3.63, 3.8) is 0 Å². The van der Waals surface area contributed by atoms with Gasteiger partial charge >= 0.3 is 5.97 Å². The third-order valence-electron chi connectivity index (χ3n) is 4.60. The van der Waals surface area contributed by atoms with E-state index >= 15 is 0 Å². The minimum absolute atomic E-state index is 0.186. The van der Waals surface area contributed by atoms with Crippen molar-refractivity contribution in [3.05, 3.63) is 12.2 Å². The molecule has 2 heterocycles. The number of hydrogen-bond acceptors (Lipinski definition) is 3. The number of carbonyl (C=O) groups excluding carboxylic acids is 1. The molecule has 1 saturated heterocycles. The summed E-state index contributed by atoms with van der Waals surface area (Å²) in [6.07, 6.45) is 7.16. The van der Waals surface area contributed by atoms with E-state index in [-0.39, 0.29) is 12.0 Å².